The molecule has 2 atom stereocenters. The minimum atomic E-state index is -0.513. The summed E-state index contributed by atoms with van der Waals surface area (Å²) in [5, 5.41) is 3.26. The molecule has 2 unspecified atom stereocenters. The molecule has 19 heavy (non-hydrogen) atoms. The van der Waals surface area contributed by atoms with Gasteiger partial charge in [-0.25, -0.2) is 0 Å². The first kappa shape index (κ1) is 13.9. The highest BCUT2D eigenvalue weighted by atomic mass is 35.5. The summed E-state index contributed by atoms with van der Waals surface area (Å²) in [5.41, 5.74) is 0.665. The predicted molar refractivity (Wildman–Crippen MR) is 75.2 cm³/mol. The van der Waals surface area contributed by atoms with Crippen molar-refractivity contribution in [2.75, 3.05) is 4.90 Å². The lowest BCUT2D eigenvalue weighted by Crippen LogP contribution is -2.64. The van der Waals surface area contributed by atoms with Crippen molar-refractivity contribution in [3.8, 4) is 0 Å². The molecule has 0 aromatic heterocycles. The van der Waals surface area contributed by atoms with Crippen LogP contribution in [0.5, 0.6) is 0 Å². The van der Waals surface area contributed by atoms with Crippen molar-refractivity contribution in [2.45, 2.75) is 32.9 Å². The zero-order valence-electron chi connectivity index (χ0n) is 11.2. The van der Waals surface area contributed by atoms with Gasteiger partial charge in [0.05, 0.1) is 0 Å². The summed E-state index contributed by atoms with van der Waals surface area (Å²) in [6, 6.07) is 6.01. The van der Waals surface area contributed by atoms with Crippen molar-refractivity contribution < 1.29 is 9.59 Å². The van der Waals surface area contributed by atoms with Crippen LogP contribution < -0.4 is 10.2 Å². The Bertz CT molecular complexity index is 516. The second-order valence-electron chi connectivity index (χ2n) is 5.11. The Morgan fingerprint density at radius 3 is 2.58 bits per heavy atom. The van der Waals surface area contributed by atoms with Crippen LogP contribution in [0.3, 0.4) is 0 Å². The van der Waals surface area contributed by atoms with Gasteiger partial charge in [0.15, 0.2) is 0 Å². The molecule has 0 radical (unpaired) electrons. The first-order valence-electron chi connectivity index (χ1n) is 6.31. The van der Waals surface area contributed by atoms with Crippen LogP contribution in [0.2, 0.25) is 5.02 Å². The highest BCUT2D eigenvalue weighted by molar-refractivity contribution is 6.31. The Kier molecular flexibility index (Phi) is 3.80. The van der Waals surface area contributed by atoms with E-state index in [9.17, 15) is 9.59 Å². The standard InChI is InChI=1S/C14H17ClN2O2/c1-8(2)12-13(18)16-9(3)14(19)17(12)11-6-4-5-10(15)7-11/h4-9,12H,1-3H3,(H,16,18). The zero-order chi connectivity index (χ0) is 14.2. The van der Waals surface area contributed by atoms with Gasteiger partial charge in [0.1, 0.15) is 12.1 Å². The zero-order valence-corrected chi connectivity index (χ0v) is 11.9. The van der Waals surface area contributed by atoms with Gasteiger partial charge in [-0.15, -0.1) is 0 Å². The number of benzene rings is 1. The first-order chi connectivity index (χ1) is 8.91. The molecular formula is C14H17ClN2O2. The summed E-state index contributed by atoms with van der Waals surface area (Å²) in [6.07, 6.45) is 0. The Hall–Kier alpha value is -1.55. The van der Waals surface area contributed by atoms with Crippen molar-refractivity contribution >= 4 is 29.1 Å². The highest BCUT2D eigenvalue weighted by Crippen LogP contribution is 2.27. The number of rotatable bonds is 2. The van der Waals surface area contributed by atoms with Crippen molar-refractivity contribution in [1.29, 1.82) is 0 Å². The number of anilines is 1. The van der Waals surface area contributed by atoms with Crippen LogP contribution in [-0.4, -0.2) is 23.9 Å². The normalized spacial score (nSPS) is 23.7. The van der Waals surface area contributed by atoms with E-state index in [-0.39, 0.29) is 17.7 Å². The molecule has 0 bridgehead atoms. The maximum absolute atomic E-state index is 12.4. The summed E-state index contributed by atoms with van der Waals surface area (Å²) in [5.74, 6) is -0.210. The minimum Gasteiger partial charge on any atom is -0.343 e. The van der Waals surface area contributed by atoms with Crippen LogP contribution >= 0.6 is 11.6 Å². The summed E-state index contributed by atoms with van der Waals surface area (Å²) in [4.78, 5) is 26.0. The van der Waals surface area contributed by atoms with Gasteiger partial charge >= 0.3 is 0 Å². The van der Waals surface area contributed by atoms with E-state index in [1.807, 2.05) is 13.8 Å². The predicted octanol–water partition coefficient (Wildman–Crippen LogP) is 2.22. The third-order valence-electron chi connectivity index (χ3n) is 3.23. The maximum atomic E-state index is 12.4. The molecule has 5 heteroatoms. The fourth-order valence-electron chi connectivity index (χ4n) is 2.34. The molecule has 1 aromatic rings. The molecule has 1 N–H and O–H groups in total. The van der Waals surface area contributed by atoms with E-state index in [0.717, 1.165) is 0 Å². The topological polar surface area (TPSA) is 49.4 Å². The number of carbonyl (C=O) groups is 2. The second-order valence-corrected chi connectivity index (χ2v) is 5.54. The Balaban J connectivity index is 2.47. The lowest BCUT2D eigenvalue weighted by Gasteiger charge is -2.39. The van der Waals surface area contributed by atoms with Crippen LogP contribution in [0.1, 0.15) is 20.8 Å². The van der Waals surface area contributed by atoms with Crippen molar-refractivity contribution in [3.05, 3.63) is 29.3 Å². The molecule has 1 aliphatic rings. The molecule has 0 spiro atoms. The van der Waals surface area contributed by atoms with Gasteiger partial charge in [-0.2, -0.15) is 0 Å². The van der Waals surface area contributed by atoms with Crippen LogP contribution in [0.25, 0.3) is 0 Å². The average Bonchev–Trinajstić information content (AvgIpc) is 2.32. The summed E-state index contributed by atoms with van der Waals surface area (Å²) >= 11 is 5.97. The number of halogens is 1. The van der Waals surface area contributed by atoms with Gasteiger partial charge in [-0.3, -0.25) is 14.5 Å². The third-order valence-corrected chi connectivity index (χ3v) is 3.47. The van der Waals surface area contributed by atoms with E-state index in [1.165, 1.54) is 0 Å². The lowest BCUT2D eigenvalue weighted by molar-refractivity contribution is -0.134. The average molecular weight is 281 g/mol. The molecule has 102 valence electrons. The van der Waals surface area contributed by atoms with Crippen LogP contribution in [0, 0.1) is 5.92 Å². The Morgan fingerprint density at radius 1 is 1.32 bits per heavy atom. The minimum absolute atomic E-state index is 0.0235. The number of nitrogens with zero attached hydrogens (tertiary/aromatic N) is 1. The van der Waals surface area contributed by atoms with Crippen LogP contribution in [0.4, 0.5) is 5.69 Å². The smallest absolute Gasteiger partial charge is 0.250 e. The fourth-order valence-corrected chi connectivity index (χ4v) is 2.52. The largest absolute Gasteiger partial charge is 0.343 e. The van der Waals surface area contributed by atoms with E-state index in [1.54, 1.807) is 36.1 Å². The van der Waals surface area contributed by atoms with E-state index in [0.29, 0.717) is 10.7 Å². The molecule has 1 aromatic carbocycles. The molecule has 1 saturated heterocycles. The molecule has 1 fully saturated rings. The SMILES string of the molecule is CC1NC(=O)C(C(C)C)N(c2cccc(Cl)c2)C1=O. The Morgan fingerprint density at radius 2 is 2.00 bits per heavy atom. The molecule has 2 rings (SSSR count). The van der Waals surface area contributed by atoms with Gasteiger partial charge in [-0.1, -0.05) is 31.5 Å². The lowest BCUT2D eigenvalue weighted by atomic mass is 9.96. The van der Waals surface area contributed by atoms with Crippen molar-refractivity contribution in [1.82, 2.24) is 5.32 Å². The maximum Gasteiger partial charge on any atom is 0.250 e. The van der Waals surface area contributed by atoms with Crippen LogP contribution in [0.15, 0.2) is 24.3 Å². The molecule has 1 heterocycles. The number of nitrogens with one attached hydrogen (secondary N) is 1. The number of piperazine rings is 1. The summed E-state index contributed by atoms with van der Waals surface area (Å²) in [7, 11) is 0. The Labute approximate surface area is 117 Å². The van der Waals surface area contributed by atoms with Crippen molar-refractivity contribution in [2.24, 2.45) is 5.92 Å². The molecule has 0 saturated carbocycles. The number of amides is 2. The summed E-state index contributed by atoms with van der Waals surface area (Å²) < 4.78 is 0. The monoisotopic (exact) mass is 280 g/mol. The second kappa shape index (κ2) is 5.21. The van der Waals surface area contributed by atoms with Gasteiger partial charge in [0.2, 0.25) is 11.8 Å². The third kappa shape index (κ3) is 2.59. The molecule has 1 aliphatic heterocycles. The van der Waals surface area contributed by atoms with Gasteiger partial charge in [0, 0.05) is 10.7 Å². The van der Waals surface area contributed by atoms with Crippen LogP contribution in [-0.2, 0) is 9.59 Å². The van der Waals surface area contributed by atoms with E-state index < -0.39 is 12.1 Å². The number of carbonyl (C=O) groups excluding carboxylic acids is 2. The summed E-state index contributed by atoms with van der Waals surface area (Å²) in [6.45, 7) is 5.53. The molecular weight excluding hydrogens is 264 g/mol. The van der Waals surface area contributed by atoms with Gasteiger partial charge < -0.3 is 5.32 Å². The van der Waals surface area contributed by atoms with Gasteiger partial charge in [0.25, 0.3) is 0 Å². The molecule has 4 nitrogen and oxygen atoms in total. The fraction of sp³-hybridized carbons (Fsp3) is 0.429. The molecule has 2 amide bonds. The first-order valence-corrected chi connectivity index (χ1v) is 6.68. The molecule has 0 aliphatic carbocycles. The quantitative estimate of drug-likeness (QED) is 0.903. The number of hydrogen-bond donors (Lipinski definition) is 1. The number of hydrogen-bond acceptors (Lipinski definition) is 2. The van der Waals surface area contributed by atoms with E-state index in [2.05, 4.69) is 5.32 Å². The van der Waals surface area contributed by atoms with Gasteiger partial charge in [-0.05, 0) is 31.0 Å². The highest BCUT2D eigenvalue weighted by Gasteiger charge is 2.41. The van der Waals surface area contributed by atoms with Crippen molar-refractivity contribution in [3.63, 3.8) is 0 Å². The van der Waals surface area contributed by atoms with E-state index >= 15 is 0 Å². The van der Waals surface area contributed by atoms with E-state index in [4.69, 9.17) is 11.6 Å².